The van der Waals surface area contributed by atoms with Gasteiger partial charge in [-0.2, -0.15) is 0 Å². The number of benzene rings is 1. The van der Waals surface area contributed by atoms with Crippen molar-refractivity contribution in [3.05, 3.63) is 28.3 Å². The third-order valence-electron chi connectivity index (χ3n) is 2.42. The molecule has 0 unspecified atom stereocenters. The first-order chi connectivity index (χ1) is 6.73. The topological polar surface area (TPSA) is 46.2 Å². The van der Waals surface area contributed by atoms with Crippen LogP contribution in [0, 0.1) is 0 Å². The maximum atomic E-state index is 10.1. The van der Waals surface area contributed by atoms with Gasteiger partial charge in [-0.3, -0.25) is 0 Å². The zero-order valence-corrected chi connectivity index (χ0v) is 10.4. The van der Waals surface area contributed by atoms with Crippen LogP contribution >= 0.6 is 11.6 Å². The Morgan fingerprint density at radius 3 is 2.27 bits per heavy atom. The van der Waals surface area contributed by atoms with Crippen LogP contribution in [0.2, 0.25) is 5.02 Å². The average molecular weight is 228 g/mol. The second kappa shape index (κ2) is 4.03. The zero-order valence-electron chi connectivity index (χ0n) is 9.63. The summed E-state index contributed by atoms with van der Waals surface area (Å²) in [5, 5.41) is 10.7. The Morgan fingerprint density at radius 1 is 1.33 bits per heavy atom. The number of hydrogen-bond acceptors (Lipinski definition) is 2. The molecule has 0 aliphatic rings. The smallest absolute Gasteiger partial charge is 0.124 e. The highest BCUT2D eigenvalue weighted by molar-refractivity contribution is 6.30. The monoisotopic (exact) mass is 227 g/mol. The molecule has 0 atom stereocenters. The Morgan fingerprint density at radius 2 is 1.87 bits per heavy atom. The van der Waals surface area contributed by atoms with Crippen LogP contribution in [0.3, 0.4) is 0 Å². The molecular weight excluding hydrogens is 210 g/mol. The molecule has 0 aromatic heterocycles. The van der Waals surface area contributed by atoms with E-state index in [1.54, 1.807) is 12.1 Å². The third kappa shape index (κ3) is 2.64. The average Bonchev–Trinajstić information content (AvgIpc) is 2.06. The number of hydrogen-bond donors (Lipinski definition) is 2. The fourth-order valence-electron chi connectivity index (χ4n) is 1.55. The summed E-state index contributed by atoms with van der Waals surface area (Å²) in [6.45, 7) is 7.72. The van der Waals surface area contributed by atoms with Gasteiger partial charge < -0.3 is 10.8 Å². The number of phenolic OH excluding ortho intramolecular Hbond substituents is 1. The van der Waals surface area contributed by atoms with Gasteiger partial charge in [0.15, 0.2) is 0 Å². The molecule has 2 nitrogen and oxygen atoms in total. The van der Waals surface area contributed by atoms with Crippen molar-refractivity contribution in [2.24, 2.45) is 5.73 Å². The molecule has 15 heavy (non-hydrogen) atoms. The van der Waals surface area contributed by atoms with E-state index in [9.17, 15) is 5.11 Å². The van der Waals surface area contributed by atoms with Crippen LogP contribution in [-0.4, -0.2) is 5.11 Å². The van der Waals surface area contributed by atoms with Crippen LogP contribution in [0.15, 0.2) is 12.1 Å². The molecule has 0 aliphatic carbocycles. The first kappa shape index (κ1) is 12.3. The van der Waals surface area contributed by atoms with Crippen molar-refractivity contribution < 1.29 is 5.11 Å². The highest BCUT2D eigenvalue weighted by atomic mass is 35.5. The van der Waals surface area contributed by atoms with E-state index in [4.69, 9.17) is 17.3 Å². The van der Waals surface area contributed by atoms with Gasteiger partial charge in [-0.1, -0.05) is 25.4 Å². The molecule has 0 saturated carbocycles. The molecule has 3 heteroatoms. The third-order valence-corrected chi connectivity index (χ3v) is 2.64. The molecule has 0 radical (unpaired) electrons. The molecule has 1 aromatic rings. The number of nitrogens with two attached hydrogens (primary N) is 1. The highest BCUT2D eigenvalue weighted by Crippen LogP contribution is 2.36. The van der Waals surface area contributed by atoms with E-state index in [2.05, 4.69) is 0 Å². The van der Waals surface area contributed by atoms with Crippen molar-refractivity contribution in [3.8, 4) is 5.75 Å². The van der Waals surface area contributed by atoms with Gasteiger partial charge in [0, 0.05) is 16.1 Å². The molecule has 0 bridgehead atoms. The summed E-state index contributed by atoms with van der Waals surface area (Å²) < 4.78 is 0. The summed E-state index contributed by atoms with van der Waals surface area (Å²) in [5.74, 6) is 0.492. The van der Waals surface area contributed by atoms with Gasteiger partial charge in [-0.25, -0.2) is 0 Å². The largest absolute Gasteiger partial charge is 0.507 e. The van der Waals surface area contributed by atoms with Crippen LogP contribution in [0.1, 0.15) is 44.7 Å². The fourth-order valence-corrected chi connectivity index (χ4v) is 1.78. The number of rotatable bonds is 2. The fraction of sp³-hybridized carbons (Fsp3) is 0.500. The van der Waals surface area contributed by atoms with Gasteiger partial charge in [-0.05, 0) is 37.5 Å². The Balaban J connectivity index is 3.42. The van der Waals surface area contributed by atoms with Crippen molar-refractivity contribution in [1.29, 1.82) is 0 Å². The van der Waals surface area contributed by atoms with Crippen LogP contribution in [-0.2, 0) is 5.54 Å². The predicted molar refractivity (Wildman–Crippen MR) is 64.4 cm³/mol. The molecule has 0 fully saturated rings. The summed E-state index contributed by atoms with van der Waals surface area (Å²) >= 11 is 6.01. The molecule has 0 amide bonds. The lowest BCUT2D eigenvalue weighted by Gasteiger charge is -2.23. The minimum absolute atomic E-state index is 0.227. The van der Waals surface area contributed by atoms with E-state index in [0.29, 0.717) is 10.6 Å². The van der Waals surface area contributed by atoms with E-state index in [0.717, 1.165) is 5.56 Å². The lowest BCUT2D eigenvalue weighted by Crippen LogP contribution is -2.29. The second-order valence-electron chi connectivity index (χ2n) is 4.77. The van der Waals surface area contributed by atoms with Crippen LogP contribution < -0.4 is 5.73 Å². The molecule has 1 rings (SSSR count). The zero-order chi connectivity index (χ0) is 11.8. The molecule has 0 heterocycles. The Labute approximate surface area is 96.1 Å². The van der Waals surface area contributed by atoms with Gasteiger partial charge in [0.25, 0.3) is 0 Å². The summed E-state index contributed by atoms with van der Waals surface area (Å²) in [5.41, 5.74) is 6.93. The molecule has 0 aliphatic heterocycles. The normalized spacial score (nSPS) is 12.2. The SMILES string of the molecule is CC(C)c1cc(Cl)cc(C(C)(C)N)c1O. The maximum absolute atomic E-state index is 10.1. The lowest BCUT2D eigenvalue weighted by atomic mass is 9.90. The van der Waals surface area contributed by atoms with Gasteiger partial charge in [0.05, 0.1) is 0 Å². The molecule has 3 N–H and O–H groups in total. The minimum Gasteiger partial charge on any atom is -0.507 e. The number of aromatic hydroxyl groups is 1. The van der Waals surface area contributed by atoms with Crippen LogP contribution in [0.25, 0.3) is 0 Å². The van der Waals surface area contributed by atoms with Gasteiger partial charge in [-0.15, -0.1) is 0 Å². The maximum Gasteiger partial charge on any atom is 0.124 e. The van der Waals surface area contributed by atoms with Crippen LogP contribution in [0.5, 0.6) is 5.75 Å². The van der Waals surface area contributed by atoms with Crippen molar-refractivity contribution >= 4 is 11.6 Å². The summed E-state index contributed by atoms with van der Waals surface area (Å²) in [4.78, 5) is 0. The van der Waals surface area contributed by atoms with E-state index >= 15 is 0 Å². The Hall–Kier alpha value is -0.730. The van der Waals surface area contributed by atoms with Crippen LogP contribution in [0.4, 0.5) is 0 Å². The molecule has 84 valence electrons. The number of halogens is 1. The Bertz CT molecular complexity index is 367. The number of phenols is 1. The first-order valence-corrected chi connectivity index (χ1v) is 5.43. The second-order valence-corrected chi connectivity index (χ2v) is 5.20. The minimum atomic E-state index is -0.585. The van der Waals surface area contributed by atoms with Crippen molar-refractivity contribution in [2.45, 2.75) is 39.2 Å². The molecule has 0 spiro atoms. The van der Waals surface area contributed by atoms with E-state index in [1.807, 2.05) is 27.7 Å². The summed E-state index contributed by atoms with van der Waals surface area (Å²) in [7, 11) is 0. The molecule has 0 saturated heterocycles. The van der Waals surface area contributed by atoms with Gasteiger partial charge in [0.2, 0.25) is 0 Å². The highest BCUT2D eigenvalue weighted by Gasteiger charge is 2.22. The van der Waals surface area contributed by atoms with Gasteiger partial charge >= 0.3 is 0 Å². The molecule has 1 aromatic carbocycles. The van der Waals surface area contributed by atoms with Crippen molar-refractivity contribution in [1.82, 2.24) is 0 Å². The van der Waals surface area contributed by atoms with E-state index in [-0.39, 0.29) is 11.7 Å². The molecular formula is C12H18ClNO. The van der Waals surface area contributed by atoms with Gasteiger partial charge in [0.1, 0.15) is 5.75 Å². The van der Waals surface area contributed by atoms with E-state index in [1.165, 1.54) is 0 Å². The standard InChI is InChI=1S/C12H18ClNO/c1-7(2)9-5-8(13)6-10(11(9)15)12(3,4)14/h5-7,15H,14H2,1-4H3. The Kier molecular flexibility index (Phi) is 3.31. The van der Waals surface area contributed by atoms with E-state index < -0.39 is 5.54 Å². The van der Waals surface area contributed by atoms with Crippen molar-refractivity contribution in [2.75, 3.05) is 0 Å². The quantitative estimate of drug-likeness (QED) is 0.814. The predicted octanol–water partition coefficient (Wildman–Crippen LogP) is 3.36. The summed E-state index contributed by atoms with van der Waals surface area (Å²) in [6, 6.07) is 3.51. The first-order valence-electron chi connectivity index (χ1n) is 5.05. The lowest BCUT2D eigenvalue weighted by molar-refractivity contribution is 0.432. The van der Waals surface area contributed by atoms with Crippen molar-refractivity contribution in [3.63, 3.8) is 0 Å². The summed E-state index contributed by atoms with van der Waals surface area (Å²) in [6.07, 6.45) is 0.